The molecular weight excluding hydrogens is 278 g/mol. The second-order valence-electron chi connectivity index (χ2n) is 4.29. The zero-order valence-corrected chi connectivity index (χ0v) is 12.3. The molecule has 0 saturated heterocycles. The first-order valence-corrected chi connectivity index (χ1v) is 7.14. The predicted octanol–water partition coefficient (Wildman–Crippen LogP) is 4.00. The van der Waals surface area contributed by atoms with E-state index in [0.29, 0.717) is 0 Å². The number of halogens is 1. The Kier molecular flexibility index (Phi) is 7.29. The van der Waals surface area contributed by atoms with Gasteiger partial charge in [0.2, 0.25) is 0 Å². The van der Waals surface area contributed by atoms with Crippen LogP contribution in [0.1, 0.15) is 33.1 Å². The van der Waals surface area contributed by atoms with Gasteiger partial charge in [0.25, 0.3) is 0 Å². The van der Waals surface area contributed by atoms with Gasteiger partial charge in [-0.1, -0.05) is 35.7 Å². The number of hydrogen-bond acceptors (Lipinski definition) is 2. The Morgan fingerprint density at radius 1 is 1.24 bits per heavy atom. The second-order valence-corrected chi connectivity index (χ2v) is 5.21. The van der Waals surface area contributed by atoms with Crippen molar-refractivity contribution in [2.75, 3.05) is 13.1 Å². The molecule has 0 amide bonds. The van der Waals surface area contributed by atoms with E-state index in [1.807, 2.05) is 24.3 Å². The molecule has 1 atom stereocenters. The van der Waals surface area contributed by atoms with E-state index in [9.17, 15) is 0 Å². The number of nitrogens with one attached hydrogen (secondary N) is 1. The first-order valence-electron chi connectivity index (χ1n) is 6.35. The molecule has 1 unspecified atom stereocenters. The highest BCUT2D eigenvalue weighted by atomic mass is 79.9. The molecule has 0 fully saturated rings. The fourth-order valence-electron chi connectivity index (χ4n) is 1.59. The van der Waals surface area contributed by atoms with Crippen molar-refractivity contribution >= 4 is 15.9 Å². The molecule has 1 aromatic carbocycles. The maximum atomic E-state index is 5.79. The van der Waals surface area contributed by atoms with Crippen LogP contribution in [0.3, 0.4) is 0 Å². The van der Waals surface area contributed by atoms with Crippen LogP contribution in [0, 0.1) is 0 Å². The summed E-state index contributed by atoms with van der Waals surface area (Å²) in [6.07, 6.45) is 4.03. The van der Waals surface area contributed by atoms with E-state index in [1.54, 1.807) is 0 Å². The molecule has 96 valence electrons. The minimum atomic E-state index is 0.206. The van der Waals surface area contributed by atoms with Gasteiger partial charge in [-0.05, 0) is 44.2 Å². The van der Waals surface area contributed by atoms with E-state index in [1.165, 1.54) is 19.3 Å². The smallest absolute Gasteiger partial charge is 0.119 e. The van der Waals surface area contributed by atoms with E-state index >= 15 is 0 Å². The third-order valence-electron chi connectivity index (χ3n) is 2.54. The molecule has 0 bridgehead atoms. The van der Waals surface area contributed by atoms with Gasteiger partial charge in [-0.25, -0.2) is 0 Å². The fraction of sp³-hybridized carbons (Fsp3) is 0.571. The summed E-state index contributed by atoms with van der Waals surface area (Å²) in [6.45, 7) is 6.30. The SMILES string of the molecule is CCCCCNCC(C)Oc1ccc(Br)cc1. The minimum absolute atomic E-state index is 0.206. The van der Waals surface area contributed by atoms with Crippen LogP contribution < -0.4 is 10.1 Å². The normalized spacial score (nSPS) is 12.4. The second kappa shape index (κ2) is 8.54. The van der Waals surface area contributed by atoms with Gasteiger partial charge in [0, 0.05) is 11.0 Å². The van der Waals surface area contributed by atoms with Gasteiger partial charge >= 0.3 is 0 Å². The Hall–Kier alpha value is -0.540. The lowest BCUT2D eigenvalue weighted by atomic mass is 10.2. The van der Waals surface area contributed by atoms with Crippen molar-refractivity contribution in [1.82, 2.24) is 5.32 Å². The number of rotatable bonds is 8. The Labute approximate surface area is 113 Å². The maximum absolute atomic E-state index is 5.79. The van der Waals surface area contributed by atoms with Crippen LogP contribution in [-0.4, -0.2) is 19.2 Å². The predicted molar refractivity (Wildman–Crippen MR) is 76.6 cm³/mol. The summed E-state index contributed by atoms with van der Waals surface area (Å²) in [5.41, 5.74) is 0. The summed E-state index contributed by atoms with van der Waals surface area (Å²) >= 11 is 3.41. The molecule has 1 aromatic rings. The van der Waals surface area contributed by atoms with Gasteiger partial charge in [-0.15, -0.1) is 0 Å². The molecule has 1 N–H and O–H groups in total. The zero-order chi connectivity index (χ0) is 12.5. The first-order chi connectivity index (χ1) is 8.22. The number of ether oxygens (including phenoxy) is 1. The number of benzene rings is 1. The molecule has 0 heterocycles. The minimum Gasteiger partial charge on any atom is -0.489 e. The highest BCUT2D eigenvalue weighted by Gasteiger charge is 2.02. The Morgan fingerprint density at radius 2 is 1.94 bits per heavy atom. The topological polar surface area (TPSA) is 21.3 Å². The molecule has 0 spiro atoms. The van der Waals surface area contributed by atoms with Crippen molar-refractivity contribution < 1.29 is 4.74 Å². The summed E-state index contributed by atoms with van der Waals surface area (Å²) < 4.78 is 6.87. The van der Waals surface area contributed by atoms with Crippen LogP contribution >= 0.6 is 15.9 Å². The van der Waals surface area contributed by atoms with Crippen molar-refractivity contribution in [2.45, 2.75) is 39.2 Å². The molecule has 2 nitrogen and oxygen atoms in total. The Balaban J connectivity index is 2.16. The van der Waals surface area contributed by atoms with E-state index in [2.05, 4.69) is 35.1 Å². The first kappa shape index (κ1) is 14.5. The molecular formula is C14H22BrNO. The average Bonchev–Trinajstić information content (AvgIpc) is 2.32. The number of hydrogen-bond donors (Lipinski definition) is 1. The quantitative estimate of drug-likeness (QED) is 0.733. The monoisotopic (exact) mass is 299 g/mol. The number of unbranched alkanes of at least 4 members (excludes halogenated alkanes) is 2. The highest BCUT2D eigenvalue weighted by Crippen LogP contribution is 2.17. The molecule has 3 heteroatoms. The van der Waals surface area contributed by atoms with Crippen LogP contribution in [0.5, 0.6) is 5.75 Å². The highest BCUT2D eigenvalue weighted by molar-refractivity contribution is 9.10. The van der Waals surface area contributed by atoms with E-state index in [4.69, 9.17) is 4.74 Å². The van der Waals surface area contributed by atoms with Gasteiger partial charge in [0.05, 0.1) is 0 Å². The van der Waals surface area contributed by atoms with Gasteiger partial charge < -0.3 is 10.1 Å². The average molecular weight is 300 g/mol. The summed E-state index contributed by atoms with van der Waals surface area (Å²) in [5.74, 6) is 0.927. The molecule has 0 aliphatic carbocycles. The molecule has 17 heavy (non-hydrogen) atoms. The van der Waals surface area contributed by atoms with Crippen molar-refractivity contribution in [3.63, 3.8) is 0 Å². The van der Waals surface area contributed by atoms with E-state index in [0.717, 1.165) is 23.3 Å². The summed E-state index contributed by atoms with van der Waals surface area (Å²) in [4.78, 5) is 0. The van der Waals surface area contributed by atoms with Crippen LogP contribution in [0.15, 0.2) is 28.7 Å². The van der Waals surface area contributed by atoms with E-state index < -0.39 is 0 Å². The van der Waals surface area contributed by atoms with Crippen molar-refractivity contribution in [2.24, 2.45) is 0 Å². The standard InChI is InChI=1S/C14H22BrNO/c1-3-4-5-10-16-11-12(2)17-14-8-6-13(15)7-9-14/h6-9,12,16H,3-5,10-11H2,1-2H3. The van der Waals surface area contributed by atoms with Gasteiger partial charge in [0.15, 0.2) is 0 Å². The summed E-state index contributed by atoms with van der Waals surface area (Å²) in [5, 5.41) is 3.42. The third-order valence-corrected chi connectivity index (χ3v) is 3.07. The van der Waals surface area contributed by atoms with Crippen molar-refractivity contribution in [3.8, 4) is 5.75 Å². The largest absolute Gasteiger partial charge is 0.489 e. The Morgan fingerprint density at radius 3 is 2.59 bits per heavy atom. The molecule has 0 aromatic heterocycles. The molecule has 0 aliphatic rings. The van der Waals surface area contributed by atoms with E-state index in [-0.39, 0.29) is 6.10 Å². The lowest BCUT2D eigenvalue weighted by molar-refractivity contribution is 0.217. The van der Waals surface area contributed by atoms with Gasteiger partial charge in [0.1, 0.15) is 11.9 Å². The fourth-order valence-corrected chi connectivity index (χ4v) is 1.86. The van der Waals surface area contributed by atoms with Gasteiger partial charge in [-0.2, -0.15) is 0 Å². The van der Waals surface area contributed by atoms with Crippen LogP contribution in [0.25, 0.3) is 0 Å². The molecule has 0 aliphatic heterocycles. The lowest BCUT2D eigenvalue weighted by Crippen LogP contribution is -2.29. The zero-order valence-electron chi connectivity index (χ0n) is 10.7. The van der Waals surface area contributed by atoms with Crippen LogP contribution in [-0.2, 0) is 0 Å². The molecule has 0 saturated carbocycles. The van der Waals surface area contributed by atoms with Crippen LogP contribution in [0.4, 0.5) is 0 Å². The Bertz CT molecular complexity index is 300. The van der Waals surface area contributed by atoms with Crippen molar-refractivity contribution in [3.05, 3.63) is 28.7 Å². The molecule has 1 rings (SSSR count). The lowest BCUT2D eigenvalue weighted by Gasteiger charge is -2.15. The summed E-state index contributed by atoms with van der Waals surface area (Å²) in [7, 11) is 0. The van der Waals surface area contributed by atoms with Gasteiger partial charge in [-0.3, -0.25) is 0 Å². The third kappa shape index (κ3) is 6.69. The summed E-state index contributed by atoms with van der Waals surface area (Å²) in [6, 6.07) is 7.96. The molecule has 0 radical (unpaired) electrons. The van der Waals surface area contributed by atoms with Crippen molar-refractivity contribution in [1.29, 1.82) is 0 Å². The maximum Gasteiger partial charge on any atom is 0.119 e. The van der Waals surface area contributed by atoms with Crippen LogP contribution in [0.2, 0.25) is 0 Å².